The molecule has 138 valence electrons. The monoisotopic (exact) mass is 373 g/mol. The maximum absolute atomic E-state index is 12.5. The van der Waals surface area contributed by atoms with Crippen LogP contribution >= 0.6 is 0 Å². The summed E-state index contributed by atoms with van der Waals surface area (Å²) < 4.78 is 10.7. The quantitative estimate of drug-likeness (QED) is 0.721. The van der Waals surface area contributed by atoms with E-state index in [1.165, 1.54) is 0 Å². The van der Waals surface area contributed by atoms with Gasteiger partial charge in [0.2, 0.25) is 6.79 Å². The van der Waals surface area contributed by atoms with Crippen molar-refractivity contribution in [1.29, 1.82) is 5.26 Å². The van der Waals surface area contributed by atoms with Crippen LogP contribution in [0.3, 0.4) is 0 Å². The highest BCUT2D eigenvalue weighted by atomic mass is 16.7. The average Bonchev–Trinajstić information content (AvgIpc) is 3.16. The number of nitrogens with one attached hydrogen (secondary N) is 2. The summed E-state index contributed by atoms with van der Waals surface area (Å²) >= 11 is 0. The van der Waals surface area contributed by atoms with Crippen LogP contribution in [0.2, 0.25) is 0 Å². The molecule has 28 heavy (non-hydrogen) atoms. The third kappa shape index (κ3) is 3.68. The Morgan fingerprint density at radius 1 is 1.04 bits per heavy atom. The molecule has 0 spiro atoms. The number of nitriles is 1. The number of amides is 1. The summed E-state index contributed by atoms with van der Waals surface area (Å²) in [6.45, 7) is 1.91. The van der Waals surface area contributed by atoms with Crippen molar-refractivity contribution < 1.29 is 14.3 Å². The number of hydrogen-bond acceptors (Lipinski definition) is 7. The van der Waals surface area contributed by atoms with Crippen molar-refractivity contribution in [3.63, 3.8) is 0 Å². The number of aromatic nitrogens is 2. The van der Waals surface area contributed by atoms with Gasteiger partial charge < -0.3 is 20.1 Å². The van der Waals surface area contributed by atoms with Crippen LogP contribution in [0, 0.1) is 18.3 Å². The number of hydrogen-bond donors (Lipinski definition) is 2. The number of carbonyl (C=O) groups is 1. The van der Waals surface area contributed by atoms with E-state index in [9.17, 15) is 4.79 Å². The molecule has 0 aliphatic carbocycles. The predicted molar refractivity (Wildman–Crippen MR) is 102 cm³/mol. The second-order valence-corrected chi connectivity index (χ2v) is 6.02. The number of anilines is 3. The van der Waals surface area contributed by atoms with Crippen LogP contribution in [0.1, 0.15) is 21.9 Å². The van der Waals surface area contributed by atoms with Gasteiger partial charge >= 0.3 is 0 Å². The first-order valence-electron chi connectivity index (χ1n) is 8.44. The molecule has 0 saturated heterocycles. The van der Waals surface area contributed by atoms with Gasteiger partial charge in [-0.1, -0.05) is 0 Å². The van der Waals surface area contributed by atoms with Gasteiger partial charge in [-0.3, -0.25) is 4.79 Å². The van der Waals surface area contributed by atoms with E-state index in [4.69, 9.17) is 14.7 Å². The largest absolute Gasteiger partial charge is 0.454 e. The van der Waals surface area contributed by atoms with Crippen molar-refractivity contribution in [2.45, 2.75) is 6.92 Å². The average molecular weight is 373 g/mol. The first-order valence-corrected chi connectivity index (χ1v) is 8.44. The van der Waals surface area contributed by atoms with Crippen LogP contribution in [0.5, 0.6) is 11.5 Å². The van der Waals surface area contributed by atoms with E-state index in [0.717, 1.165) is 5.69 Å². The molecule has 0 fully saturated rings. The molecule has 0 unspecified atom stereocenters. The van der Waals surface area contributed by atoms with Crippen molar-refractivity contribution in [2.75, 3.05) is 17.4 Å². The number of benzene rings is 2. The van der Waals surface area contributed by atoms with Crippen molar-refractivity contribution in [3.8, 4) is 17.6 Å². The van der Waals surface area contributed by atoms with Gasteiger partial charge in [0.15, 0.2) is 11.5 Å². The minimum Gasteiger partial charge on any atom is -0.454 e. The van der Waals surface area contributed by atoms with Gasteiger partial charge in [-0.05, 0) is 43.3 Å². The van der Waals surface area contributed by atoms with Crippen LogP contribution in [0.4, 0.5) is 17.2 Å². The van der Waals surface area contributed by atoms with Crippen molar-refractivity contribution in [1.82, 2.24) is 9.97 Å². The molecule has 0 bridgehead atoms. The maximum Gasteiger partial charge on any atom is 0.274 e. The molecule has 1 aliphatic heterocycles. The minimum atomic E-state index is -0.371. The topological polar surface area (TPSA) is 109 Å². The zero-order valence-corrected chi connectivity index (χ0v) is 14.9. The van der Waals surface area contributed by atoms with Gasteiger partial charge in [-0.25, -0.2) is 9.97 Å². The smallest absolute Gasteiger partial charge is 0.274 e. The SMILES string of the molecule is Cc1nc(Nc2ccc3c(c2)OCO3)cc(C(=O)Nc2ccc(C#N)cc2)n1. The Kier molecular flexibility index (Phi) is 4.48. The fourth-order valence-electron chi connectivity index (χ4n) is 2.69. The van der Waals surface area contributed by atoms with Crippen LogP contribution in [0.15, 0.2) is 48.5 Å². The highest BCUT2D eigenvalue weighted by Crippen LogP contribution is 2.34. The molecule has 0 radical (unpaired) electrons. The summed E-state index contributed by atoms with van der Waals surface area (Å²) in [6.07, 6.45) is 0. The molecule has 8 nitrogen and oxygen atoms in total. The third-order valence-corrected chi connectivity index (χ3v) is 3.99. The summed E-state index contributed by atoms with van der Waals surface area (Å²) in [5.41, 5.74) is 2.07. The summed E-state index contributed by atoms with van der Waals surface area (Å²) in [5.74, 6) is 1.90. The van der Waals surface area contributed by atoms with E-state index in [1.54, 1.807) is 49.4 Å². The van der Waals surface area contributed by atoms with E-state index in [2.05, 4.69) is 20.6 Å². The van der Waals surface area contributed by atoms with E-state index >= 15 is 0 Å². The van der Waals surface area contributed by atoms with E-state index in [1.807, 2.05) is 12.1 Å². The summed E-state index contributed by atoms with van der Waals surface area (Å²) in [5, 5.41) is 14.8. The first-order chi connectivity index (χ1) is 13.6. The molecule has 1 amide bonds. The Morgan fingerprint density at radius 3 is 2.57 bits per heavy atom. The van der Waals surface area contributed by atoms with E-state index in [0.29, 0.717) is 34.4 Å². The highest BCUT2D eigenvalue weighted by molar-refractivity contribution is 6.03. The Hall–Kier alpha value is -4.12. The third-order valence-electron chi connectivity index (χ3n) is 3.99. The second kappa shape index (κ2) is 7.25. The standard InChI is InChI=1S/C20H15N5O3/c1-12-22-16(20(26)25-14-4-2-13(10-21)3-5-14)9-19(23-12)24-15-6-7-17-18(8-15)28-11-27-17/h2-9H,11H2,1H3,(H,25,26)(H,22,23,24). The van der Waals surface area contributed by atoms with Crippen LogP contribution in [-0.4, -0.2) is 22.7 Å². The minimum absolute atomic E-state index is 0.199. The van der Waals surface area contributed by atoms with Gasteiger partial charge in [0, 0.05) is 23.5 Å². The van der Waals surface area contributed by atoms with Crippen molar-refractivity contribution in [3.05, 3.63) is 65.6 Å². The van der Waals surface area contributed by atoms with Crippen LogP contribution in [-0.2, 0) is 0 Å². The molecular formula is C20H15N5O3. The Balaban J connectivity index is 1.53. The van der Waals surface area contributed by atoms with Gasteiger partial charge in [0.05, 0.1) is 11.6 Å². The maximum atomic E-state index is 12.5. The highest BCUT2D eigenvalue weighted by Gasteiger charge is 2.15. The van der Waals surface area contributed by atoms with Crippen molar-refractivity contribution >= 4 is 23.1 Å². The molecule has 2 heterocycles. The van der Waals surface area contributed by atoms with Gasteiger partial charge in [0.25, 0.3) is 5.91 Å². The lowest BCUT2D eigenvalue weighted by Gasteiger charge is -2.10. The molecule has 0 saturated carbocycles. The van der Waals surface area contributed by atoms with E-state index < -0.39 is 0 Å². The van der Waals surface area contributed by atoms with Gasteiger partial charge in [-0.15, -0.1) is 0 Å². The lowest BCUT2D eigenvalue weighted by atomic mass is 10.2. The van der Waals surface area contributed by atoms with E-state index in [-0.39, 0.29) is 18.4 Å². The fourth-order valence-corrected chi connectivity index (χ4v) is 2.69. The number of ether oxygens (including phenoxy) is 2. The Labute approximate surface area is 160 Å². The lowest BCUT2D eigenvalue weighted by molar-refractivity contribution is 0.102. The normalized spacial score (nSPS) is 11.6. The number of nitrogens with zero attached hydrogens (tertiary/aromatic N) is 3. The number of carbonyl (C=O) groups excluding carboxylic acids is 1. The fraction of sp³-hybridized carbons (Fsp3) is 0.100. The Morgan fingerprint density at radius 2 is 1.79 bits per heavy atom. The van der Waals surface area contributed by atoms with Gasteiger partial charge in [-0.2, -0.15) is 5.26 Å². The van der Waals surface area contributed by atoms with Crippen LogP contribution in [0.25, 0.3) is 0 Å². The summed E-state index contributed by atoms with van der Waals surface area (Å²) in [4.78, 5) is 21.1. The predicted octanol–water partition coefficient (Wildman–Crippen LogP) is 3.38. The molecule has 1 aromatic heterocycles. The summed E-state index contributed by atoms with van der Waals surface area (Å²) in [6, 6.07) is 15.6. The second-order valence-electron chi connectivity index (χ2n) is 6.02. The lowest BCUT2D eigenvalue weighted by Crippen LogP contribution is -2.15. The molecule has 4 rings (SSSR count). The number of aryl methyl sites for hydroxylation is 1. The molecule has 2 aromatic carbocycles. The first kappa shape index (κ1) is 17.3. The van der Waals surface area contributed by atoms with Crippen molar-refractivity contribution in [2.24, 2.45) is 0 Å². The molecule has 2 N–H and O–H groups in total. The number of rotatable bonds is 4. The number of fused-ring (bicyclic) bond motifs is 1. The molecular weight excluding hydrogens is 358 g/mol. The molecule has 0 atom stereocenters. The summed E-state index contributed by atoms with van der Waals surface area (Å²) in [7, 11) is 0. The molecule has 8 heteroatoms. The molecule has 3 aromatic rings. The van der Waals surface area contributed by atoms with Gasteiger partial charge in [0.1, 0.15) is 17.3 Å². The zero-order valence-electron chi connectivity index (χ0n) is 14.9. The zero-order chi connectivity index (χ0) is 19.5. The Bertz CT molecular complexity index is 1090. The molecule has 1 aliphatic rings. The van der Waals surface area contributed by atoms with Crippen LogP contribution < -0.4 is 20.1 Å².